The molecule has 138 valence electrons. The number of rotatable bonds is 3. The molecule has 2 rings (SSSR count). The molecule has 2 heterocycles. The number of ether oxygens (including phenoxy) is 1. The van der Waals surface area contributed by atoms with Gasteiger partial charge in [0, 0.05) is 36.3 Å². The van der Waals surface area contributed by atoms with Crippen molar-refractivity contribution < 1.29 is 14.3 Å². The van der Waals surface area contributed by atoms with E-state index in [0.717, 1.165) is 23.4 Å². The number of nitrogens with one attached hydrogen (secondary N) is 1. The predicted octanol–water partition coefficient (Wildman–Crippen LogP) is 2.64. The summed E-state index contributed by atoms with van der Waals surface area (Å²) in [5.74, 6) is -0.0969. The maximum Gasteiger partial charge on any atom is 0.407 e. The van der Waals surface area contributed by atoms with Crippen molar-refractivity contribution in [2.75, 3.05) is 13.7 Å². The molecule has 1 atom stereocenters. The van der Waals surface area contributed by atoms with Crippen molar-refractivity contribution in [1.29, 1.82) is 0 Å². The highest BCUT2D eigenvalue weighted by Gasteiger charge is 2.31. The van der Waals surface area contributed by atoms with Gasteiger partial charge in [-0.3, -0.25) is 9.78 Å². The van der Waals surface area contributed by atoms with Crippen LogP contribution in [0.4, 0.5) is 4.79 Å². The Morgan fingerprint density at radius 1 is 1.28 bits per heavy atom. The maximum absolute atomic E-state index is 12.9. The summed E-state index contributed by atoms with van der Waals surface area (Å²) in [6, 6.07) is 3.52. The summed E-state index contributed by atoms with van der Waals surface area (Å²) in [5.41, 5.74) is 3.22. The summed E-state index contributed by atoms with van der Waals surface area (Å²) >= 11 is 0. The van der Waals surface area contributed by atoms with Crippen molar-refractivity contribution in [1.82, 2.24) is 15.2 Å². The van der Waals surface area contributed by atoms with Crippen LogP contribution in [-0.4, -0.2) is 41.6 Å². The van der Waals surface area contributed by atoms with Crippen LogP contribution in [0.3, 0.4) is 0 Å². The molecule has 0 aromatic carbocycles. The number of alkyl carbamates (subject to hydrolysis) is 1. The van der Waals surface area contributed by atoms with Crippen molar-refractivity contribution >= 4 is 12.0 Å². The van der Waals surface area contributed by atoms with Crippen molar-refractivity contribution in [2.24, 2.45) is 5.92 Å². The monoisotopic (exact) mass is 347 g/mol. The molecule has 0 saturated carbocycles. The molecule has 1 aromatic rings. The minimum absolute atomic E-state index is 0.00908. The van der Waals surface area contributed by atoms with Crippen LogP contribution in [-0.2, 0) is 27.9 Å². The van der Waals surface area contributed by atoms with E-state index in [1.54, 1.807) is 4.90 Å². The van der Waals surface area contributed by atoms with Crippen LogP contribution in [0.15, 0.2) is 12.1 Å². The van der Waals surface area contributed by atoms with Gasteiger partial charge in [0.05, 0.1) is 7.11 Å². The lowest BCUT2D eigenvalue weighted by molar-refractivity contribution is -0.135. The van der Waals surface area contributed by atoms with Crippen molar-refractivity contribution in [2.45, 2.75) is 59.0 Å². The molecule has 6 nitrogen and oxygen atoms in total. The van der Waals surface area contributed by atoms with Gasteiger partial charge >= 0.3 is 6.09 Å². The lowest BCUT2D eigenvalue weighted by Crippen LogP contribution is -2.52. The molecule has 0 radical (unpaired) electrons. The van der Waals surface area contributed by atoms with E-state index in [-0.39, 0.29) is 17.2 Å². The van der Waals surface area contributed by atoms with Crippen LogP contribution in [0.5, 0.6) is 0 Å². The Morgan fingerprint density at radius 3 is 2.52 bits per heavy atom. The fourth-order valence-electron chi connectivity index (χ4n) is 2.92. The molecule has 25 heavy (non-hydrogen) atoms. The number of fused-ring (bicyclic) bond motifs is 1. The molecule has 2 amide bonds. The quantitative estimate of drug-likeness (QED) is 0.912. The number of methoxy groups -OCH3 is 1. The Bertz CT molecular complexity index is 650. The van der Waals surface area contributed by atoms with E-state index in [4.69, 9.17) is 4.98 Å². The number of pyridine rings is 1. The van der Waals surface area contributed by atoms with Crippen LogP contribution in [0, 0.1) is 5.92 Å². The minimum Gasteiger partial charge on any atom is -0.453 e. The third-order valence-corrected chi connectivity index (χ3v) is 4.52. The zero-order valence-corrected chi connectivity index (χ0v) is 16.0. The average molecular weight is 347 g/mol. The number of carbonyl (C=O) groups is 2. The van der Waals surface area contributed by atoms with Crippen molar-refractivity contribution in [3.05, 3.63) is 29.1 Å². The van der Waals surface area contributed by atoms with Gasteiger partial charge in [-0.2, -0.15) is 0 Å². The Balaban J connectivity index is 2.15. The van der Waals surface area contributed by atoms with E-state index < -0.39 is 12.1 Å². The van der Waals surface area contributed by atoms with E-state index in [1.165, 1.54) is 7.11 Å². The van der Waals surface area contributed by atoms with Gasteiger partial charge in [-0.1, -0.05) is 40.7 Å². The minimum atomic E-state index is -0.587. The van der Waals surface area contributed by atoms with Crippen LogP contribution < -0.4 is 5.32 Å². The topological polar surface area (TPSA) is 71.5 Å². The molecule has 6 heteroatoms. The Morgan fingerprint density at radius 2 is 1.96 bits per heavy atom. The van der Waals surface area contributed by atoms with Crippen molar-refractivity contribution in [3.8, 4) is 0 Å². The number of nitrogens with zero attached hydrogens (tertiary/aromatic N) is 2. The summed E-state index contributed by atoms with van der Waals surface area (Å²) in [6.07, 6.45) is 0.148. The third kappa shape index (κ3) is 4.50. The first-order valence-corrected chi connectivity index (χ1v) is 8.76. The first-order chi connectivity index (χ1) is 11.6. The summed E-state index contributed by atoms with van der Waals surface area (Å²) in [6.45, 7) is 11.4. The van der Waals surface area contributed by atoms with Crippen molar-refractivity contribution in [3.63, 3.8) is 0 Å². The molecule has 1 aromatic heterocycles. The highest BCUT2D eigenvalue weighted by molar-refractivity contribution is 5.86. The predicted molar refractivity (Wildman–Crippen MR) is 96.2 cm³/mol. The highest BCUT2D eigenvalue weighted by Crippen LogP contribution is 2.25. The van der Waals surface area contributed by atoms with Crippen LogP contribution in [0.2, 0.25) is 0 Å². The highest BCUT2D eigenvalue weighted by atomic mass is 16.5. The first kappa shape index (κ1) is 19.2. The fraction of sp³-hybridized carbons (Fsp3) is 0.632. The van der Waals surface area contributed by atoms with Crippen LogP contribution in [0.25, 0.3) is 0 Å². The van der Waals surface area contributed by atoms with Gasteiger partial charge in [-0.15, -0.1) is 0 Å². The van der Waals surface area contributed by atoms with Gasteiger partial charge in [-0.25, -0.2) is 4.79 Å². The zero-order chi connectivity index (χ0) is 18.8. The molecule has 0 unspecified atom stereocenters. The van der Waals surface area contributed by atoms with E-state index in [9.17, 15) is 9.59 Å². The second kappa shape index (κ2) is 7.42. The van der Waals surface area contributed by atoms with Gasteiger partial charge in [0.2, 0.25) is 5.91 Å². The second-order valence-corrected chi connectivity index (χ2v) is 7.92. The third-order valence-electron chi connectivity index (χ3n) is 4.52. The number of hydrogen-bond donors (Lipinski definition) is 1. The van der Waals surface area contributed by atoms with Gasteiger partial charge in [0.25, 0.3) is 0 Å². The van der Waals surface area contributed by atoms with E-state index in [1.807, 2.05) is 19.9 Å². The molecule has 1 aliphatic rings. The molecule has 0 spiro atoms. The number of carbonyl (C=O) groups excluding carboxylic acids is 2. The van der Waals surface area contributed by atoms with Gasteiger partial charge in [0.1, 0.15) is 6.04 Å². The summed E-state index contributed by atoms with van der Waals surface area (Å²) in [5, 5.41) is 2.65. The average Bonchev–Trinajstić information content (AvgIpc) is 2.56. The van der Waals surface area contributed by atoms with Gasteiger partial charge < -0.3 is 15.0 Å². The SMILES string of the molecule is COC(=O)N[C@H](C(=O)N1CCc2nc(C(C)(C)C)ccc2C1)C(C)C. The maximum atomic E-state index is 12.9. The summed E-state index contributed by atoms with van der Waals surface area (Å²) in [4.78, 5) is 31.0. The lowest BCUT2D eigenvalue weighted by atomic mass is 9.90. The zero-order valence-electron chi connectivity index (χ0n) is 16.0. The number of amides is 2. The molecule has 1 N–H and O–H groups in total. The smallest absolute Gasteiger partial charge is 0.407 e. The molecule has 0 bridgehead atoms. The first-order valence-electron chi connectivity index (χ1n) is 8.76. The number of hydrogen-bond acceptors (Lipinski definition) is 4. The summed E-state index contributed by atoms with van der Waals surface area (Å²) < 4.78 is 4.64. The molecule has 0 aliphatic carbocycles. The number of aromatic nitrogens is 1. The van der Waals surface area contributed by atoms with Gasteiger partial charge in [-0.05, 0) is 17.5 Å². The normalized spacial score (nSPS) is 15.6. The molecular formula is C19H29N3O3. The van der Waals surface area contributed by atoms with E-state index >= 15 is 0 Å². The molecular weight excluding hydrogens is 318 g/mol. The Hall–Kier alpha value is -2.11. The lowest BCUT2D eigenvalue weighted by Gasteiger charge is -2.33. The molecule has 0 fully saturated rings. The Labute approximate surface area is 150 Å². The molecule has 1 aliphatic heterocycles. The van der Waals surface area contributed by atoms with Gasteiger partial charge in [0.15, 0.2) is 0 Å². The van der Waals surface area contributed by atoms with Crippen LogP contribution in [0.1, 0.15) is 51.6 Å². The van der Waals surface area contributed by atoms with E-state index in [2.05, 4.69) is 36.9 Å². The molecule has 0 saturated heterocycles. The largest absolute Gasteiger partial charge is 0.453 e. The Kier molecular flexibility index (Phi) is 5.70. The second-order valence-electron chi connectivity index (χ2n) is 7.92. The van der Waals surface area contributed by atoms with Crippen LogP contribution >= 0.6 is 0 Å². The fourth-order valence-corrected chi connectivity index (χ4v) is 2.92. The summed E-state index contributed by atoms with van der Waals surface area (Å²) in [7, 11) is 1.30. The van der Waals surface area contributed by atoms with E-state index in [0.29, 0.717) is 13.1 Å². The standard InChI is InChI=1S/C19H29N3O3/c1-12(2)16(21-18(24)25-6)17(23)22-10-9-14-13(11-22)7-8-15(20-14)19(3,4)5/h7-8,12,16H,9-11H2,1-6H3,(H,21,24)/t16-/m0/s1.